The van der Waals surface area contributed by atoms with Crippen LogP contribution in [0.3, 0.4) is 0 Å². The second-order valence-electron chi connectivity index (χ2n) is 4.32. The van der Waals surface area contributed by atoms with E-state index in [9.17, 15) is 27.9 Å². The zero-order chi connectivity index (χ0) is 15.0. The summed E-state index contributed by atoms with van der Waals surface area (Å²) in [4.78, 5) is 22.6. The number of halogens is 3. The van der Waals surface area contributed by atoms with Crippen LogP contribution in [-0.4, -0.2) is 16.7 Å². The second-order valence-corrected chi connectivity index (χ2v) is 4.32. The molecule has 104 valence electrons. The van der Waals surface area contributed by atoms with E-state index in [2.05, 4.69) is 0 Å². The lowest BCUT2D eigenvalue weighted by atomic mass is 9.86. The highest BCUT2D eigenvalue weighted by atomic mass is 19.4. The first kappa shape index (κ1) is 15.2. The number of phenolic OH excluding ortho intramolecular Hbond substituents is 1. The van der Waals surface area contributed by atoms with Crippen LogP contribution in [0.4, 0.5) is 13.2 Å². The van der Waals surface area contributed by atoms with E-state index in [1.807, 2.05) is 0 Å². The van der Waals surface area contributed by atoms with E-state index in [0.717, 1.165) is 19.9 Å². The first-order chi connectivity index (χ1) is 8.48. The van der Waals surface area contributed by atoms with Crippen molar-refractivity contribution in [1.82, 2.24) is 0 Å². The number of carbonyl (C=O) groups is 2. The number of ketones is 2. The maximum absolute atomic E-state index is 12.4. The van der Waals surface area contributed by atoms with Gasteiger partial charge in [-0.15, -0.1) is 0 Å². The number of Topliss-reactive ketones (excluding diaryl/α,β-unsaturated/α-hetero) is 2. The summed E-state index contributed by atoms with van der Waals surface area (Å²) in [5, 5.41) is 9.58. The molecule has 1 atom stereocenters. The maximum Gasteiger partial charge on any atom is 0.416 e. The molecule has 0 saturated heterocycles. The number of carbonyl (C=O) groups excluding carboxylic acids is 2. The highest BCUT2D eigenvalue weighted by Gasteiger charge is 2.37. The lowest BCUT2D eigenvalue weighted by Crippen LogP contribution is -2.45. The van der Waals surface area contributed by atoms with Crippen molar-refractivity contribution in [3.05, 3.63) is 29.3 Å². The fourth-order valence-corrected chi connectivity index (χ4v) is 1.64. The molecule has 0 aliphatic carbocycles. The highest BCUT2D eigenvalue weighted by molar-refractivity contribution is 6.39. The Bertz CT molecular complexity index is 536. The fraction of sp³-hybridized carbons (Fsp3) is 0.333. The van der Waals surface area contributed by atoms with Crippen molar-refractivity contribution in [3.8, 4) is 5.75 Å². The van der Waals surface area contributed by atoms with Crippen LogP contribution in [0.25, 0.3) is 0 Å². The molecule has 0 saturated carbocycles. The first-order valence-corrected chi connectivity index (χ1v) is 5.23. The number of hydrogen-bond donors (Lipinski definition) is 2. The van der Waals surface area contributed by atoms with Gasteiger partial charge in [0.05, 0.1) is 5.56 Å². The Morgan fingerprint density at radius 1 is 1.26 bits per heavy atom. The van der Waals surface area contributed by atoms with Crippen LogP contribution in [-0.2, 0) is 21.3 Å². The molecule has 0 aliphatic rings. The molecule has 19 heavy (non-hydrogen) atoms. The molecule has 0 heterocycles. The molecule has 0 bridgehead atoms. The Kier molecular flexibility index (Phi) is 3.72. The molecule has 0 amide bonds. The zero-order valence-electron chi connectivity index (χ0n) is 10.2. The third kappa shape index (κ3) is 2.93. The summed E-state index contributed by atoms with van der Waals surface area (Å²) in [6.45, 7) is 2.15. The topological polar surface area (TPSA) is 80.4 Å². The zero-order valence-corrected chi connectivity index (χ0v) is 10.2. The Morgan fingerprint density at radius 2 is 1.79 bits per heavy atom. The standard InChI is InChI=1S/C12H12F3NO3/c1-6(17)10(19)11(2,16)8-4-3-7(5-9(8)18)12(13,14)15/h3-5,18H,16H2,1-2H3. The number of aromatic hydroxyl groups is 1. The van der Waals surface area contributed by atoms with Crippen LogP contribution in [0, 0.1) is 0 Å². The number of phenols is 1. The molecule has 1 rings (SSSR count). The highest BCUT2D eigenvalue weighted by Crippen LogP contribution is 2.35. The van der Waals surface area contributed by atoms with Gasteiger partial charge in [-0.05, 0) is 19.1 Å². The number of alkyl halides is 3. The predicted octanol–water partition coefficient (Wildman–Crippen LogP) is 1.74. The van der Waals surface area contributed by atoms with Crippen LogP contribution < -0.4 is 5.73 Å². The van der Waals surface area contributed by atoms with Gasteiger partial charge in [0.15, 0.2) is 5.78 Å². The summed E-state index contributed by atoms with van der Waals surface area (Å²) in [6.07, 6.45) is -4.62. The van der Waals surface area contributed by atoms with Gasteiger partial charge in [0.25, 0.3) is 0 Å². The van der Waals surface area contributed by atoms with Gasteiger partial charge in [-0.25, -0.2) is 0 Å². The molecule has 0 fully saturated rings. The summed E-state index contributed by atoms with van der Waals surface area (Å²) in [6, 6.07) is 2.04. The van der Waals surface area contributed by atoms with Gasteiger partial charge in [-0.1, -0.05) is 6.07 Å². The summed E-state index contributed by atoms with van der Waals surface area (Å²) < 4.78 is 37.3. The molecule has 0 spiro atoms. The van der Waals surface area contributed by atoms with Crippen molar-refractivity contribution in [2.45, 2.75) is 25.6 Å². The van der Waals surface area contributed by atoms with Crippen LogP contribution in [0.15, 0.2) is 18.2 Å². The molecule has 7 heteroatoms. The van der Waals surface area contributed by atoms with Crippen molar-refractivity contribution in [2.75, 3.05) is 0 Å². The Balaban J connectivity index is 3.31. The quantitative estimate of drug-likeness (QED) is 0.823. The molecular weight excluding hydrogens is 263 g/mol. The van der Waals surface area contributed by atoms with Crippen molar-refractivity contribution in [2.24, 2.45) is 5.73 Å². The third-order valence-electron chi connectivity index (χ3n) is 2.68. The Morgan fingerprint density at radius 3 is 2.16 bits per heavy atom. The molecule has 1 aromatic carbocycles. The van der Waals surface area contributed by atoms with Crippen LogP contribution in [0.1, 0.15) is 25.0 Å². The van der Waals surface area contributed by atoms with Crippen LogP contribution >= 0.6 is 0 Å². The van der Waals surface area contributed by atoms with E-state index in [0.29, 0.717) is 12.1 Å². The molecular formula is C12H12F3NO3. The number of nitrogens with two attached hydrogens (primary N) is 1. The number of benzene rings is 1. The van der Waals surface area contributed by atoms with Crippen LogP contribution in [0.2, 0.25) is 0 Å². The van der Waals surface area contributed by atoms with Gasteiger partial charge in [0.1, 0.15) is 11.3 Å². The fourth-order valence-electron chi connectivity index (χ4n) is 1.64. The average molecular weight is 275 g/mol. The minimum atomic E-state index is -4.62. The first-order valence-electron chi connectivity index (χ1n) is 5.23. The summed E-state index contributed by atoms with van der Waals surface area (Å²) in [5.41, 5.74) is 2.45. The molecule has 4 nitrogen and oxygen atoms in total. The molecule has 1 unspecified atom stereocenters. The Labute approximate surface area is 107 Å². The predicted molar refractivity (Wildman–Crippen MR) is 60.3 cm³/mol. The summed E-state index contributed by atoms with van der Waals surface area (Å²) in [7, 11) is 0. The van der Waals surface area contributed by atoms with E-state index in [-0.39, 0.29) is 5.56 Å². The van der Waals surface area contributed by atoms with E-state index < -0.39 is 34.6 Å². The second kappa shape index (κ2) is 4.65. The van der Waals surface area contributed by atoms with Crippen LogP contribution in [0.5, 0.6) is 5.75 Å². The molecule has 1 aromatic rings. The van der Waals surface area contributed by atoms with Crippen molar-refractivity contribution < 1.29 is 27.9 Å². The monoisotopic (exact) mass is 275 g/mol. The van der Waals surface area contributed by atoms with Gasteiger partial charge in [0.2, 0.25) is 5.78 Å². The normalized spacial score (nSPS) is 14.8. The van der Waals surface area contributed by atoms with E-state index >= 15 is 0 Å². The number of hydrogen-bond acceptors (Lipinski definition) is 4. The average Bonchev–Trinajstić information content (AvgIpc) is 2.26. The smallest absolute Gasteiger partial charge is 0.416 e. The van der Waals surface area contributed by atoms with E-state index in [4.69, 9.17) is 5.73 Å². The van der Waals surface area contributed by atoms with E-state index in [1.165, 1.54) is 0 Å². The van der Waals surface area contributed by atoms with Crippen molar-refractivity contribution in [3.63, 3.8) is 0 Å². The maximum atomic E-state index is 12.4. The van der Waals surface area contributed by atoms with E-state index in [1.54, 1.807) is 0 Å². The molecule has 0 radical (unpaired) electrons. The van der Waals surface area contributed by atoms with Gasteiger partial charge in [-0.2, -0.15) is 13.2 Å². The minimum absolute atomic E-state index is 0.235. The van der Waals surface area contributed by atoms with Gasteiger partial charge < -0.3 is 10.8 Å². The minimum Gasteiger partial charge on any atom is -0.508 e. The third-order valence-corrected chi connectivity index (χ3v) is 2.68. The van der Waals surface area contributed by atoms with Crippen molar-refractivity contribution in [1.29, 1.82) is 0 Å². The SMILES string of the molecule is CC(=O)C(=O)C(C)(N)c1ccc(C(F)(F)F)cc1O. The number of rotatable bonds is 3. The summed E-state index contributed by atoms with van der Waals surface area (Å²) in [5.74, 6) is -2.62. The lowest BCUT2D eigenvalue weighted by molar-refractivity contribution is -0.138. The molecule has 0 aliphatic heterocycles. The molecule has 0 aromatic heterocycles. The van der Waals surface area contributed by atoms with Gasteiger partial charge in [0, 0.05) is 12.5 Å². The lowest BCUT2D eigenvalue weighted by Gasteiger charge is -2.23. The Hall–Kier alpha value is -1.89. The largest absolute Gasteiger partial charge is 0.508 e. The van der Waals surface area contributed by atoms with Gasteiger partial charge >= 0.3 is 6.18 Å². The summed E-state index contributed by atoms with van der Waals surface area (Å²) >= 11 is 0. The van der Waals surface area contributed by atoms with Gasteiger partial charge in [-0.3, -0.25) is 9.59 Å². The molecule has 3 N–H and O–H groups in total. The van der Waals surface area contributed by atoms with Crippen molar-refractivity contribution >= 4 is 11.6 Å².